The van der Waals surface area contributed by atoms with Gasteiger partial charge in [-0.3, -0.25) is 0 Å². The molecule has 0 fully saturated rings. The molecular formula is C31H26N4. The van der Waals surface area contributed by atoms with Crippen molar-refractivity contribution in [1.82, 2.24) is 15.0 Å². The van der Waals surface area contributed by atoms with Gasteiger partial charge in [0.05, 0.1) is 0 Å². The van der Waals surface area contributed by atoms with E-state index in [1.165, 1.54) is 22.3 Å². The van der Waals surface area contributed by atoms with Crippen LogP contribution in [0.3, 0.4) is 0 Å². The van der Waals surface area contributed by atoms with Crippen molar-refractivity contribution in [3.63, 3.8) is 0 Å². The highest BCUT2D eigenvalue weighted by Gasteiger charge is 2.16. The summed E-state index contributed by atoms with van der Waals surface area (Å²) in [7, 11) is 0. The number of aryl methyl sites for hydroxylation is 4. The second kappa shape index (κ2) is 9.15. The van der Waals surface area contributed by atoms with Crippen molar-refractivity contribution in [1.29, 1.82) is 0 Å². The van der Waals surface area contributed by atoms with Gasteiger partial charge in [-0.05, 0) is 60.1 Å². The van der Waals surface area contributed by atoms with Gasteiger partial charge in [-0.1, -0.05) is 84.9 Å². The fourth-order valence-corrected chi connectivity index (χ4v) is 4.72. The molecule has 35 heavy (non-hydrogen) atoms. The van der Waals surface area contributed by atoms with Gasteiger partial charge in [-0.2, -0.15) is 0 Å². The quantitative estimate of drug-likeness (QED) is 0.323. The number of rotatable bonds is 3. The summed E-state index contributed by atoms with van der Waals surface area (Å²) in [4.78, 5) is 14.8. The molecule has 0 aliphatic heterocycles. The summed E-state index contributed by atoms with van der Waals surface area (Å²) < 4.78 is 0. The van der Waals surface area contributed by atoms with Gasteiger partial charge in [0.15, 0.2) is 17.5 Å². The van der Waals surface area contributed by atoms with Crippen LogP contribution in [0.5, 0.6) is 0 Å². The van der Waals surface area contributed by atoms with Gasteiger partial charge >= 0.3 is 0 Å². The molecular weight excluding hydrogens is 428 g/mol. The van der Waals surface area contributed by atoms with Gasteiger partial charge in [0.1, 0.15) is 0 Å². The van der Waals surface area contributed by atoms with Crippen molar-refractivity contribution in [3.8, 4) is 34.2 Å². The molecule has 4 nitrogen and oxygen atoms in total. The fraction of sp³-hybridized carbons (Fsp3) is 0.129. The summed E-state index contributed by atoms with van der Waals surface area (Å²) in [5.41, 5.74) is 15.2. The lowest BCUT2D eigenvalue weighted by Gasteiger charge is -2.16. The molecule has 4 aromatic carbocycles. The molecule has 2 N–H and O–H groups in total. The van der Waals surface area contributed by atoms with Gasteiger partial charge < -0.3 is 5.73 Å². The molecule has 0 radical (unpaired) electrons. The SMILES string of the molecule is Nc1cc2ccc1CCc1ccc(c(-c3nc(-c4ccccc4)nc(-c4ccccc4)n3)c1)CC2. The molecule has 0 amide bonds. The largest absolute Gasteiger partial charge is 0.398 e. The summed E-state index contributed by atoms with van der Waals surface area (Å²) in [5.74, 6) is 2.10. The van der Waals surface area contributed by atoms with E-state index >= 15 is 0 Å². The Labute approximate surface area is 205 Å². The first-order valence-corrected chi connectivity index (χ1v) is 12.1. The number of aromatic nitrogens is 3. The molecule has 0 unspecified atom stereocenters. The van der Waals surface area contributed by atoms with Crippen molar-refractivity contribution in [2.75, 3.05) is 5.73 Å². The Balaban J connectivity index is 1.50. The third-order valence-electron chi connectivity index (χ3n) is 6.69. The Bertz CT molecular complexity index is 1440. The average molecular weight is 455 g/mol. The zero-order valence-electron chi connectivity index (χ0n) is 19.5. The van der Waals surface area contributed by atoms with Gasteiger partial charge in [-0.25, -0.2) is 15.0 Å². The molecule has 0 spiro atoms. The molecule has 4 aliphatic carbocycles. The van der Waals surface area contributed by atoms with Crippen molar-refractivity contribution < 1.29 is 0 Å². The van der Waals surface area contributed by atoms with E-state index in [0.717, 1.165) is 53.9 Å². The highest BCUT2D eigenvalue weighted by atomic mass is 15.0. The maximum atomic E-state index is 6.34. The Hall–Kier alpha value is -4.31. The van der Waals surface area contributed by atoms with E-state index in [2.05, 4.69) is 36.4 Å². The Morgan fingerprint density at radius 2 is 1.00 bits per heavy atom. The molecule has 0 saturated carbocycles. The van der Waals surface area contributed by atoms with Crippen LogP contribution in [0.2, 0.25) is 0 Å². The predicted molar refractivity (Wildman–Crippen MR) is 142 cm³/mol. The van der Waals surface area contributed by atoms with Crippen LogP contribution in [-0.4, -0.2) is 15.0 Å². The minimum Gasteiger partial charge on any atom is -0.398 e. The summed E-state index contributed by atoms with van der Waals surface area (Å²) in [6.45, 7) is 0. The van der Waals surface area contributed by atoms with E-state index in [1.54, 1.807) is 0 Å². The zero-order valence-corrected chi connectivity index (χ0v) is 19.5. The number of nitrogens with two attached hydrogens (primary N) is 1. The van der Waals surface area contributed by atoms with Crippen LogP contribution >= 0.6 is 0 Å². The van der Waals surface area contributed by atoms with E-state index in [1.807, 2.05) is 60.7 Å². The van der Waals surface area contributed by atoms with Crippen LogP contribution in [0.4, 0.5) is 5.69 Å². The average Bonchev–Trinajstić information content (AvgIpc) is 2.91. The standard InChI is InChI=1S/C31H26N4/c32-28-20-22-12-16-23-15-11-21(13-17-24(28)18-14-22)19-27(23)31-34-29(25-7-3-1-4-8-25)33-30(35-31)26-9-5-2-6-10-26/h1-11,14-15,18-20H,12-13,16-17,32H2. The van der Waals surface area contributed by atoms with Gasteiger partial charge in [0.2, 0.25) is 0 Å². The first-order chi connectivity index (χ1) is 17.2. The number of nitrogen functional groups attached to an aromatic ring is 1. The fourth-order valence-electron chi connectivity index (χ4n) is 4.72. The molecule has 0 saturated heterocycles. The van der Waals surface area contributed by atoms with Crippen LogP contribution in [0.15, 0.2) is 97.1 Å². The summed E-state index contributed by atoms with van der Waals surface area (Å²) in [6.07, 6.45) is 3.63. The second-order valence-electron chi connectivity index (χ2n) is 9.06. The zero-order chi connectivity index (χ0) is 23.6. The van der Waals surface area contributed by atoms with Crippen molar-refractivity contribution in [2.24, 2.45) is 0 Å². The Morgan fingerprint density at radius 1 is 0.486 bits per heavy atom. The van der Waals surface area contributed by atoms with Crippen LogP contribution in [-0.2, 0) is 25.7 Å². The molecule has 4 aliphatic rings. The predicted octanol–water partition coefficient (Wildman–Crippen LogP) is 6.34. The van der Waals surface area contributed by atoms with Crippen molar-refractivity contribution in [2.45, 2.75) is 25.7 Å². The molecule has 4 heteroatoms. The smallest absolute Gasteiger partial charge is 0.164 e. The van der Waals surface area contributed by atoms with Gasteiger partial charge in [0, 0.05) is 22.4 Å². The molecule has 9 rings (SSSR count). The normalized spacial score (nSPS) is 12.8. The lowest BCUT2D eigenvalue weighted by atomic mass is 9.92. The lowest BCUT2D eigenvalue weighted by Crippen LogP contribution is -2.05. The van der Waals surface area contributed by atoms with Gasteiger partial charge in [0.25, 0.3) is 0 Å². The molecule has 5 aromatic rings. The number of anilines is 1. The lowest BCUT2D eigenvalue weighted by molar-refractivity contribution is 0.921. The van der Waals surface area contributed by atoms with Crippen LogP contribution in [0.25, 0.3) is 34.2 Å². The Morgan fingerprint density at radius 3 is 1.60 bits per heavy atom. The maximum absolute atomic E-state index is 6.34. The van der Waals surface area contributed by atoms with E-state index < -0.39 is 0 Å². The number of benzene rings is 4. The first kappa shape index (κ1) is 21.2. The monoisotopic (exact) mass is 454 g/mol. The maximum Gasteiger partial charge on any atom is 0.164 e. The van der Waals surface area contributed by atoms with Crippen LogP contribution in [0.1, 0.15) is 22.3 Å². The summed E-state index contributed by atoms with van der Waals surface area (Å²) in [5, 5.41) is 0. The van der Waals surface area contributed by atoms with E-state index in [-0.39, 0.29) is 0 Å². The molecule has 1 aromatic heterocycles. The van der Waals surface area contributed by atoms with Crippen LogP contribution in [0, 0.1) is 0 Å². The van der Waals surface area contributed by atoms with Crippen LogP contribution < -0.4 is 5.73 Å². The first-order valence-electron chi connectivity index (χ1n) is 12.1. The van der Waals surface area contributed by atoms with Crippen molar-refractivity contribution in [3.05, 3.63) is 119 Å². The van der Waals surface area contributed by atoms with Gasteiger partial charge in [-0.15, -0.1) is 0 Å². The van der Waals surface area contributed by atoms with E-state index in [0.29, 0.717) is 11.6 Å². The third-order valence-corrected chi connectivity index (χ3v) is 6.69. The third kappa shape index (κ3) is 4.43. The summed E-state index contributed by atoms with van der Waals surface area (Å²) >= 11 is 0. The van der Waals surface area contributed by atoms with Crippen molar-refractivity contribution >= 4 is 5.69 Å². The number of hydrogen-bond acceptors (Lipinski definition) is 4. The second-order valence-corrected chi connectivity index (χ2v) is 9.06. The number of hydrogen-bond donors (Lipinski definition) is 1. The highest BCUT2D eigenvalue weighted by Crippen LogP contribution is 2.30. The highest BCUT2D eigenvalue weighted by molar-refractivity contribution is 5.69. The summed E-state index contributed by atoms with van der Waals surface area (Å²) in [6, 6.07) is 33.5. The molecule has 0 atom stereocenters. The topological polar surface area (TPSA) is 64.7 Å². The minimum atomic E-state index is 0.689. The molecule has 1 heterocycles. The molecule has 4 bridgehead atoms. The molecule has 170 valence electrons. The van der Waals surface area contributed by atoms with E-state index in [4.69, 9.17) is 20.7 Å². The Kier molecular flexibility index (Phi) is 5.55. The van der Waals surface area contributed by atoms with E-state index in [9.17, 15) is 0 Å². The minimum absolute atomic E-state index is 0.689. The number of nitrogens with zero attached hydrogens (tertiary/aromatic N) is 3.